The molecular formula is C18H13BrO3. The summed E-state index contributed by atoms with van der Waals surface area (Å²) in [4.78, 5) is 12.3. The molecule has 3 rings (SSSR count). The van der Waals surface area contributed by atoms with Crippen LogP contribution in [0.4, 0.5) is 0 Å². The van der Waals surface area contributed by atoms with Crippen molar-refractivity contribution in [1.82, 2.24) is 0 Å². The SMILES string of the molecule is Cc1coc2ccc(C(=O)/C=C/c3ccccc3Br)c(O)c12. The summed E-state index contributed by atoms with van der Waals surface area (Å²) in [6.07, 6.45) is 4.74. The van der Waals surface area contributed by atoms with E-state index in [-0.39, 0.29) is 17.1 Å². The number of rotatable bonds is 3. The lowest BCUT2D eigenvalue weighted by atomic mass is 10.0. The van der Waals surface area contributed by atoms with E-state index in [9.17, 15) is 9.90 Å². The molecule has 0 spiro atoms. The van der Waals surface area contributed by atoms with E-state index in [1.807, 2.05) is 31.2 Å². The zero-order valence-electron chi connectivity index (χ0n) is 11.8. The van der Waals surface area contributed by atoms with Gasteiger partial charge in [-0.15, -0.1) is 0 Å². The Kier molecular flexibility index (Phi) is 3.86. The van der Waals surface area contributed by atoms with Crippen LogP contribution in [0.1, 0.15) is 21.5 Å². The largest absolute Gasteiger partial charge is 0.506 e. The van der Waals surface area contributed by atoms with Gasteiger partial charge < -0.3 is 9.52 Å². The maximum absolute atomic E-state index is 12.3. The van der Waals surface area contributed by atoms with Crippen LogP contribution in [0.25, 0.3) is 17.0 Å². The van der Waals surface area contributed by atoms with Gasteiger partial charge in [0, 0.05) is 4.47 Å². The van der Waals surface area contributed by atoms with Crippen molar-refractivity contribution in [2.75, 3.05) is 0 Å². The minimum absolute atomic E-state index is 0.0365. The number of fused-ring (bicyclic) bond motifs is 1. The molecule has 1 N–H and O–H groups in total. The first-order valence-electron chi connectivity index (χ1n) is 6.74. The summed E-state index contributed by atoms with van der Waals surface area (Å²) in [5.41, 5.74) is 2.54. The van der Waals surface area contributed by atoms with E-state index in [1.54, 1.807) is 24.5 Å². The number of furan rings is 1. The summed E-state index contributed by atoms with van der Waals surface area (Å²) < 4.78 is 6.22. The van der Waals surface area contributed by atoms with Crippen LogP contribution in [0.15, 0.2) is 57.6 Å². The lowest BCUT2D eigenvalue weighted by Crippen LogP contribution is -1.95. The lowest BCUT2D eigenvalue weighted by Gasteiger charge is -2.03. The topological polar surface area (TPSA) is 50.4 Å². The van der Waals surface area contributed by atoms with Crippen molar-refractivity contribution < 1.29 is 14.3 Å². The van der Waals surface area contributed by atoms with Gasteiger partial charge in [0.15, 0.2) is 5.78 Å². The van der Waals surface area contributed by atoms with Crippen LogP contribution in [0, 0.1) is 6.92 Å². The van der Waals surface area contributed by atoms with Gasteiger partial charge in [-0.25, -0.2) is 0 Å². The first kappa shape index (κ1) is 14.6. The molecule has 0 atom stereocenters. The summed E-state index contributed by atoms with van der Waals surface area (Å²) >= 11 is 3.43. The van der Waals surface area contributed by atoms with Gasteiger partial charge in [0.05, 0.1) is 17.2 Å². The third-order valence-corrected chi connectivity index (χ3v) is 4.20. The molecule has 4 heteroatoms. The highest BCUT2D eigenvalue weighted by Crippen LogP contribution is 2.33. The highest BCUT2D eigenvalue weighted by molar-refractivity contribution is 9.10. The second-order valence-electron chi connectivity index (χ2n) is 4.97. The Morgan fingerprint density at radius 3 is 2.77 bits per heavy atom. The molecule has 0 aliphatic heterocycles. The minimum Gasteiger partial charge on any atom is -0.506 e. The lowest BCUT2D eigenvalue weighted by molar-refractivity contribution is 0.104. The van der Waals surface area contributed by atoms with E-state index in [0.29, 0.717) is 11.0 Å². The molecule has 0 aliphatic carbocycles. The maximum atomic E-state index is 12.3. The average Bonchev–Trinajstić information content (AvgIpc) is 2.89. The number of allylic oxidation sites excluding steroid dienone is 1. The van der Waals surface area contributed by atoms with Crippen molar-refractivity contribution in [3.63, 3.8) is 0 Å². The van der Waals surface area contributed by atoms with Crippen LogP contribution in [0.5, 0.6) is 5.75 Å². The molecule has 0 bridgehead atoms. The summed E-state index contributed by atoms with van der Waals surface area (Å²) in [5, 5.41) is 10.9. The Hall–Kier alpha value is -2.33. The summed E-state index contributed by atoms with van der Waals surface area (Å²) in [7, 11) is 0. The molecule has 22 heavy (non-hydrogen) atoms. The molecule has 0 aliphatic rings. The van der Waals surface area contributed by atoms with Crippen molar-refractivity contribution in [1.29, 1.82) is 0 Å². The molecular weight excluding hydrogens is 344 g/mol. The van der Waals surface area contributed by atoms with E-state index in [0.717, 1.165) is 15.6 Å². The molecule has 110 valence electrons. The van der Waals surface area contributed by atoms with Gasteiger partial charge in [-0.1, -0.05) is 34.1 Å². The third kappa shape index (κ3) is 2.57. The zero-order chi connectivity index (χ0) is 15.7. The van der Waals surface area contributed by atoms with Crippen LogP contribution >= 0.6 is 15.9 Å². The molecule has 3 aromatic rings. The normalized spacial score (nSPS) is 11.4. The molecule has 0 saturated heterocycles. The van der Waals surface area contributed by atoms with E-state index < -0.39 is 0 Å². The molecule has 0 fully saturated rings. The molecule has 0 saturated carbocycles. The number of ketones is 1. The second-order valence-corrected chi connectivity index (χ2v) is 5.83. The molecule has 1 heterocycles. The molecule has 0 amide bonds. The van der Waals surface area contributed by atoms with E-state index in [1.165, 1.54) is 6.08 Å². The number of carbonyl (C=O) groups is 1. The first-order chi connectivity index (χ1) is 10.6. The number of phenols is 1. The van der Waals surface area contributed by atoms with Crippen molar-refractivity contribution in [2.45, 2.75) is 6.92 Å². The first-order valence-corrected chi connectivity index (χ1v) is 7.54. The van der Waals surface area contributed by atoms with Gasteiger partial charge in [0.1, 0.15) is 11.3 Å². The fraction of sp³-hybridized carbons (Fsp3) is 0.0556. The summed E-state index contributed by atoms with van der Waals surface area (Å²) in [6, 6.07) is 10.9. The molecule has 2 aromatic carbocycles. The van der Waals surface area contributed by atoms with Crippen LogP contribution in [-0.2, 0) is 0 Å². The quantitative estimate of drug-likeness (QED) is 0.524. The van der Waals surface area contributed by atoms with E-state index in [4.69, 9.17) is 4.42 Å². The van der Waals surface area contributed by atoms with E-state index in [2.05, 4.69) is 15.9 Å². The molecule has 0 radical (unpaired) electrons. The van der Waals surface area contributed by atoms with Crippen molar-refractivity contribution in [3.8, 4) is 5.75 Å². The predicted molar refractivity (Wildman–Crippen MR) is 90.1 cm³/mol. The summed E-state index contributed by atoms with van der Waals surface area (Å²) in [6.45, 7) is 1.83. The smallest absolute Gasteiger partial charge is 0.189 e. The Morgan fingerprint density at radius 1 is 1.23 bits per heavy atom. The Morgan fingerprint density at radius 2 is 2.00 bits per heavy atom. The van der Waals surface area contributed by atoms with Crippen molar-refractivity contribution in [2.24, 2.45) is 0 Å². The van der Waals surface area contributed by atoms with Crippen LogP contribution in [-0.4, -0.2) is 10.9 Å². The molecule has 1 aromatic heterocycles. The van der Waals surface area contributed by atoms with Crippen LogP contribution in [0.2, 0.25) is 0 Å². The van der Waals surface area contributed by atoms with Gasteiger partial charge in [-0.05, 0) is 48.4 Å². The van der Waals surface area contributed by atoms with Crippen molar-refractivity contribution >= 4 is 38.8 Å². The molecule has 0 unspecified atom stereocenters. The van der Waals surface area contributed by atoms with Gasteiger partial charge in [-0.3, -0.25) is 4.79 Å². The number of aryl methyl sites for hydroxylation is 1. The van der Waals surface area contributed by atoms with Crippen LogP contribution in [0.3, 0.4) is 0 Å². The number of hydrogen-bond acceptors (Lipinski definition) is 3. The number of halogens is 1. The third-order valence-electron chi connectivity index (χ3n) is 3.48. The Balaban J connectivity index is 1.97. The minimum atomic E-state index is -0.254. The average molecular weight is 357 g/mol. The monoisotopic (exact) mass is 356 g/mol. The highest BCUT2D eigenvalue weighted by atomic mass is 79.9. The summed E-state index contributed by atoms with van der Waals surface area (Å²) in [5.74, 6) is -0.290. The van der Waals surface area contributed by atoms with E-state index >= 15 is 0 Å². The fourth-order valence-corrected chi connectivity index (χ4v) is 2.74. The molecule has 3 nitrogen and oxygen atoms in total. The Bertz CT molecular complexity index is 890. The number of aromatic hydroxyl groups is 1. The van der Waals surface area contributed by atoms with Gasteiger partial charge in [0.25, 0.3) is 0 Å². The second kappa shape index (κ2) is 5.81. The van der Waals surface area contributed by atoms with Gasteiger partial charge >= 0.3 is 0 Å². The van der Waals surface area contributed by atoms with Crippen LogP contribution < -0.4 is 0 Å². The Labute approximate surface area is 136 Å². The number of carbonyl (C=O) groups excluding carboxylic acids is 1. The van der Waals surface area contributed by atoms with Gasteiger partial charge in [0.2, 0.25) is 0 Å². The standard InChI is InChI=1S/C18H13BrO3/c1-11-10-22-16-9-7-13(18(21)17(11)16)15(20)8-6-12-4-2-3-5-14(12)19/h2-10,21H,1H3/b8-6+. The number of hydrogen-bond donors (Lipinski definition) is 1. The highest BCUT2D eigenvalue weighted by Gasteiger charge is 2.15. The number of benzene rings is 2. The fourth-order valence-electron chi connectivity index (χ4n) is 2.33. The predicted octanol–water partition coefficient (Wildman–Crippen LogP) is 5.11. The van der Waals surface area contributed by atoms with Crippen molar-refractivity contribution in [3.05, 3.63) is 69.9 Å². The number of phenolic OH excluding ortho intramolecular Hbond substituents is 1. The zero-order valence-corrected chi connectivity index (χ0v) is 13.4. The maximum Gasteiger partial charge on any atom is 0.189 e. The van der Waals surface area contributed by atoms with Gasteiger partial charge in [-0.2, -0.15) is 0 Å².